The minimum absolute atomic E-state index is 0.353. The molecule has 1 nitrogen and oxygen atoms in total. The van der Waals surface area contributed by atoms with Crippen LogP contribution in [0.5, 0.6) is 0 Å². The number of rotatable bonds is 2. The Balaban J connectivity index is 4.45. The van der Waals surface area contributed by atoms with Crippen molar-refractivity contribution in [3.63, 3.8) is 0 Å². The SMILES string of the molecule is C[CH]OC(C(F)(F)F)C(F)(F)F. The molecule has 0 unspecified atom stereocenters. The smallest absolute Gasteiger partial charge is 0.355 e. The predicted octanol–water partition coefficient (Wildman–Crippen LogP) is 2.68. The Bertz CT molecular complexity index is 122. The summed E-state index contributed by atoms with van der Waals surface area (Å²) in [6.45, 7) is 1.29. The summed E-state index contributed by atoms with van der Waals surface area (Å²) in [6, 6.07) is 0. The minimum Gasteiger partial charge on any atom is -0.355 e. The first-order chi connectivity index (χ1) is 5.19. The van der Waals surface area contributed by atoms with Gasteiger partial charge < -0.3 is 4.74 Å². The molecule has 73 valence electrons. The maximum absolute atomic E-state index is 11.5. The van der Waals surface area contributed by atoms with Crippen molar-refractivity contribution < 1.29 is 31.1 Å². The van der Waals surface area contributed by atoms with Gasteiger partial charge in [-0.2, -0.15) is 26.3 Å². The van der Waals surface area contributed by atoms with Crippen LogP contribution < -0.4 is 0 Å². The zero-order valence-electron chi connectivity index (χ0n) is 5.83. The van der Waals surface area contributed by atoms with Gasteiger partial charge in [-0.3, -0.25) is 0 Å². The standard InChI is InChI=1S/C5H5F6O/c1-2-12-3(4(6,7)8)5(9,10)11/h2-3H,1H3. The van der Waals surface area contributed by atoms with Gasteiger partial charge in [-0.05, 0) is 6.92 Å². The lowest BCUT2D eigenvalue weighted by Gasteiger charge is -2.21. The van der Waals surface area contributed by atoms with Crippen molar-refractivity contribution in [3.05, 3.63) is 6.61 Å². The molecule has 0 aromatic heterocycles. The first kappa shape index (κ1) is 11.5. The molecule has 0 spiro atoms. The number of hydrogen-bond donors (Lipinski definition) is 0. The molecular formula is C5H5F6O. The van der Waals surface area contributed by atoms with Gasteiger partial charge in [0.05, 0.1) is 6.61 Å². The third kappa shape index (κ3) is 3.29. The average Bonchev–Trinajstić information content (AvgIpc) is 1.77. The summed E-state index contributed by atoms with van der Waals surface area (Å²) >= 11 is 0. The molecule has 7 heteroatoms. The fourth-order valence-electron chi connectivity index (χ4n) is 0.476. The summed E-state index contributed by atoms with van der Waals surface area (Å²) in [5, 5.41) is 0. The van der Waals surface area contributed by atoms with Crippen LogP contribution in [0.25, 0.3) is 0 Å². The Morgan fingerprint density at radius 3 is 1.42 bits per heavy atom. The van der Waals surface area contributed by atoms with Gasteiger partial charge in [-0.25, -0.2) is 0 Å². The zero-order valence-corrected chi connectivity index (χ0v) is 5.83. The first-order valence-electron chi connectivity index (χ1n) is 2.76. The first-order valence-corrected chi connectivity index (χ1v) is 2.76. The highest BCUT2D eigenvalue weighted by molar-refractivity contribution is 4.76. The van der Waals surface area contributed by atoms with Gasteiger partial charge in [0.15, 0.2) is 0 Å². The third-order valence-electron chi connectivity index (χ3n) is 0.867. The van der Waals surface area contributed by atoms with E-state index in [2.05, 4.69) is 4.74 Å². The summed E-state index contributed by atoms with van der Waals surface area (Å²) in [4.78, 5) is 0. The van der Waals surface area contributed by atoms with E-state index in [1.54, 1.807) is 0 Å². The molecule has 0 aliphatic carbocycles. The molecule has 0 heterocycles. The molecule has 0 amide bonds. The highest BCUT2D eigenvalue weighted by Crippen LogP contribution is 2.35. The maximum atomic E-state index is 11.5. The van der Waals surface area contributed by atoms with Gasteiger partial charge in [-0.15, -0.1) is 0 Å². The summed E-state index contributed by atoms with van der Waals surface area (Å²) < 4.78 is 72.6. The molecule has 0 rings (SSSR count). The lowest BCUT2D eigenvalue weighted by molar-refractivity contribution is -0.314. The average molecular weight is 195 g/mol. The van der Waals surface area contributed by atoms with Gasteiger partial charge in [0.25, 0.3) is 0 Å². The van der Waals surface area contributed by atoms with Crippen molar-refractivity contribution in [3.8, 4) is 0 Å². The van der Waals surface area contributed by atoms with Crippen LogP contribution in [0.4, 0.5) is 26.3 Å². The normalized spacial score (nSPS) is 14.0. The molecule has 0 N–H and O–H groups in total. The van der Waals surface area contributed by atoms with Crippen LogP contribution in [0.15, 0.2) is 0 Å². The predicted molar refractivity (Wildman–Crippen MR) is 27.0 cm³/mol. The Morgan fingerprint density at radius 1 is 1.00 bits per heavy atom. The maximum Gasteiger partial charge on any atom is 0.423 e. The minimum atomic E-state index is -5.43. The van der Waals surface area contributed by atoms with E-state index in [4.69, 9.17) is 0 Å². The zero-order chi connectivity index (χ0) is 9.99. The van der Waals surface area contributed by atoms with E-state index in [-0.39, 0.29) is 0 Å². The van der Waals surface area contributed by atoms with Crippen molar-refractivity contribution in [2.75, 3.05) is 0 Å². The number of ether oxygens (including phenoxy) is 1. The number of alkyl halides is 6. The summed E-state index contributed by atoms with van der Waals surface area (Å²) in [7, 11) is 0. The van der Waals surface area contributed by atoms with Crippen LogP contribution in [0.3, 0.4) is 0 Å². The highest BCUT2D eigenvalue weighted by atomic mass is 19.4. The van der Waals surface area contributed by atoms with Gasteiger partial charge in [0.2, 0.25) is 6.10 Å². The highest BCUT2D eigenvalue weighted by Gasteiger charge is 2.57. The molecule has 0 aliphatic rings. The number of hydrogen-bond acceptors (Lipinski definition) is 1. The van der Waals surface area contributed by atoms with Gasteiger partial charge >= 0.3 is 12.4 Å². The molecule has 12 heavy (non-hydrogen) atoms. The van der Waals surface area contributed by atoms with E-state index in [9.17, 15) is 26.3 Å². The van der Waals surface area contributed by atoms with E-state index in [1.165, 1.54) is 0 Å². The van der Waals surface area contributed by atoms with Gasteiger partial charge in [-0.1, -0.05) is 0 Å². The van der Waals surface area contributed by atoms with E-state index in [1.807, 2.05) is 0 Å². The summed E-state index contributed by atoms with van der Waals surface area (Å²) in [6.07, 6.45) is -14.6. The van der Waals surface area contributed by atoms with Crippen molar-refractivity contribution in [2.24, 2.45) is 0 Å². The van der Waals surface area contributed by atoms with Crippen molar-refractivity contribution >= 4 is 0 Å². The quantitative estimate of drug-likeness (QED) is 0.615. The summed E-state index contributed by atoms with van der Waals surface area (Å²) in [5.74, 6) is 0. The Hall–Kier alpha value is -0.460. The van der Waals surface area contributed by atoms with Gasteiger partial charge in [0, 0.05) is 0 Å². The van der Waals surface area contributed by atoms with Crippen molar-refractivity contribution in [2.45, 2.75) is 25.4 Å². The fourth-order valence-corrected chi connectivity index (χ4v) is 0.476. The summed E-state index contributed by atoms with van der Waals surface area (Å²) in [5.41, 5.74) is 0. The number of halogens is 6. The molecule has 0 saturated heterocycles. The molecular weight excluding hydrogens is 190 g/mol. The second-order valence-corrected chi connectivity index (χ2v) is 1.84. The van der Waals surface area contributed by atoms with E-state index in [0.717, 1.165) is 6.92 Å². The van der Waals surface area contributed by atoms with E-state index >= 15 is 0 Å². The van der Waals surface area contributed by atoms with Crippen LogP contribution in [0.1, 0.15) is 6.92 Å². The molecule has 0 saturated carbocycles. The Morgan fingerprint density at radius 2 is 1.33 bits per heavy atom. The second kappa shape index (κ2) is 3.51. The molecule has 0 atom stereocenters. The van der Waals surface area contributed by atoms with Gasteiger partial charge in [0.1, 0.15) is 0 Å². The Labute approximate surface area is 64.3 Å². The van der Waals surface area contributed by atoms with E-state index < -0.39 is 18.5 Å². The van der Waals surface area contributed by atoms with Crippen LogP contribution in [-0.2, 0) is 4.74 Å². The van der Waals surface area contributed by atoms with Crippen LogP contribution in [-0.4, -0.2) is 18.5 Å². The largest absolute Gasteiger partial charge is 0.423 e. The van der Waals surface area contributed by atoms with Crippen molar-refractivity contribution in [1.82, 2.24) is 0 Å². The monoisotopic (exact) mass is 195 g/mol. The Kier molecular flexibility index (Phi) is 3.37. The molecule has 0 aromatic rings. The fraction of sp³-hybridized carbons (Fsp3) is 0.800. The second-order valence-electron chi connectivity index (χ2n) is 1.84. The van der Waals surface area contributed by atoms with Crippen LogP contribution in [0, 0.1) is 6.61 Å². The van der Waals surface area contributed by atoms with Crippen LogP contribution >= 0.6 is 0 Å². The molecule has 1 radical (unpaired) electrons. The molecule has 0 aromatic carbocycles. The van der Waals surface area contributed by atoms with Crippen LogP contribution in [0.2, 0.25) is 0 Å². The van der Waals surface area contributed by atoms with E-state index in [0.29, 0.717) is 6.61 Å². The van der Waals surface area contributed by atoms with Crippen molar-refractivity contribution in [1.29, 1.82) is 0 Å². The third-order valence-corrected chi connectivity index (χ3v) is 0.867. The lowest BCUT2D eigenvalue weighted by Crippen LogP contribution is -2.43. The topological polar surface area (TPSA) is 9.23 Å². The lowest BCUT2D eigenvalue weighted by atomic mass is 10.3. The molecule has 0 fully saturated rings. The molecule has 0 aliphatic heterocycles. The molecule has 0 bridgehead atoms.